The molecule has 1 fully saturated rings. The lowest BCUT2D eigenvalue weighted by Gasteiger charge is -2.30. The minimum atomic E-state index is -0.525. The van der Waals surface area contributed by atoms with E-state index in [9.17, 15) is 9.59 Å². The molecule has 2 amide bonds. The molecule has 0 radical (unpaired) electrons. The molecule has 4 aromatic rings. The van der Waals surface area contributed by atoms with Crippen molar-refractivity contribution in [2.24, 2.45) is 0 Å². The number of aromatic nitrogens is 1. The summed E-state index contributed by atoms with van der Waals surface area (Å²) in [5.74, 6) is -1.01. The lowest BCUT2D eigenvalue weighted by Crippen LogP contribution is -2.54. The lowest BCUT2D eigenvalue weighted by atomic mass is 10.1. The van der Waals surface area contributed by atoms with E-state index in [0.29, 0.717) is 16.3 Å². The number of amides is 2. The van der Waals surface area contributed by atoms with Gasteiger partial charge >= 0.3 is 0 Å². The third kappa shape index (κ3) is 4.50. The maximum Gasteiger partial charge on any atom is 0.270 e. The van der Waals surface area contributed by atoms with Crippen LogP contribution in [0.5, 0.6) is 0 Å². The third-order valence-electron chi connectivity index (χ3n) is 6.58. The first kappa shape index (κ1) is 24.7. The van der Waals surface area contributed by atoms with E-state index < -0.39 is 11.8 Å². The summed E-state index contributed by atoms with van der Waals surface area (Å²) in [6.45, 7) is 5.78. The molecule has 0 bridgehead atoms. The molecule has 1 N–H and O–H groups in total. The quantitative estimate of drug-likeness (QED) is 0.187. The normalized spacial score (nSPS) is 14.9. The van der Waals surface area contributed by atoms with Gasteiger partial charge in [0.1, 0.15) is 5.57 Å². The number of thiocarbonyl (C=S) groups is 1. The minimum absolute atomic E-state index is 0.00708. The number of hydrogen-bond donors (Lipinski definition) is 1. The van der Waals surface area contributed by atoms with Crippen LogP contribution in [0.25, 0.3) is 22.9 Å². The molecule has 0 spiro atoms. The number of hydrogen-bond acceptors (Lipinski definition) is 3. The number of halogens is 1. The summed E-state index contributed by atoms with van der Waals surface area (Å²) in [6.07, 6.45) is 1.63. The van der Waals surface area contributed by atoms with Gasteiger partial charge in [-0.25, -0.2) is 0 Å². The van der Waals surface area contributed by atoms with Gasteiger partial charge in [-0.2, -0.15) is 0 Å². The van der Waals surface area contributed by atoms with Crippen LogP contribution >= 0.6 is 23.8 Å². The fourth-order valence-corrected chi connectivity index (χ4v) is 5.08. The van der Waals surface area contributed by atoms with Crippen LogP contribution < -0.4 is 10.2 Å². The second kappa shape index (κ2) is 9.81. The summed E-state index contributed by atoms with van der Waals surface area (Å²) >= 11 is 11.6. The summed E-state index contributed by atoms with van der Waals surface area (Å²) in [7, 11) is 0. The van der Waals surface area contributed by atoms with Gasteiger partial charge in [0.25, 0.3) is 11.8 Å². The predicted octanol–water partition coefficient (Wildman–Crippen LogP) is 6.55. The molecule has 3 aromatic carbocycles. The second-order valence-corrected chi connectivity index (χ2v) is 9.71. The fraction of sp³-hybridized carbons (Fsp3) is 0.100. The molecule has 2 heterocycles. The van der Waals surface area contributed by atoms with E-state index in [0.717, 1.165) is 33.8 Å². The first-order valence-corrected chi connectivity index (χ1v) is 12.6. The van der Waals surface area contributed by atoms with Gasteiger partial charge in [-0.05, 0) is 91.7 Å². The molecule has 0 saturated carbocycles. The lowest BCUT2D eigenvalue weighted by molar-refractivity contribution is -0.122. The highest BCUT2D eigenvalue weighted by molar-refractivity contribution is 7.80. The molecule has 5 rings (SSSR count). The Balaban J connectivity index is 1.51. The van der Waals surface area contributed by atoms with E-state index in [-0.39, 0.29) is 10.7 Å². The van der Waals surface area contributed by atoms with Gasteiger partial charge in [-0.3, -0.25) is 19.8 Å². The number of nitrogens with zero attached hydrogens (tertiary/aromatic N) is 2. The smallest absolute Gasteiger partial charge is 0.270 e. The molecule has 184 valence electrons. The Morgan fingerprint density at radius 2 is 1.54 bits per heavy atom. The number of carbonyl (C=O) groups excluding carboxylic acids is 2. The number of aryl methyl sites for hydroxylation is 1. The van der Waals surface area contributed by atoms with Crippen molar-refractivity contribution in [1.29, 1.82) is 0 Å². The van der Waals surface area contributed by atoms with Crippen LogP contribution in [0.4, 0.5) is 5.69 Å². The van der Waals surface area contributed by atoms with Gasteiger partial charge in [0.05, 0.1) is 5.69 Å². The maximum atomic E-state index is 13.5. The number of carbonyl (C=O) groups is 2. The molecule has 7 heteroatoms. The van der Waals surface area contributed by atoms with E-state index in [1.54, 1.807) is 24.3 Å². The molecule has 5 nitrogen and oxygen atoms in total. The zero-order chi connectivity index (χ0) is 26.3. The minimum Gasteiger partial charge on any atom is -0.318 e. The predicted molar refractivity (Wildman–Crippen MR) is 153 cm³/mol. The second-order valence-electron chi connectivity index (χ2n) is 8.92. The van der Waals surface area contributed by atoms with Gasteiger partial charge in [-0.1, -0.05) is 60.1 Å². The van der Waals surface area contributed by atoms with Crippen molar-refractivity contribution in [2.75, 3.05) is 4.90 Å². The van der Waals surface area contributed by atoms with Crippen LogP contribution in [0.2, 0.25) is 5.02 Å². The van der Waals surface area contributed by atoms with Crippen LogP contribution in [0.1, 0.15) is 22.5 Å². The number of rotatable bonds is 4. The highest BCUT2D eigenvalue weighted by Gasteiger charge is 2.35. The average molecular weight is 526 g/mol. The maximum absolute atomic E-state index is 13.5. The average Bonchev–Trinajstić information content (AvgIpc) is 3.17. The molecule has 1 saturated heterocycles. The van der Waals surface area contributed by atoms with Gasteiger partial charge in [-0.15, -0.1) is 0 Å². The van der Waals surface area contributed by atoms with Crippen LogP contribution in [-0.4, -0.2) is 21.5 Å². The zero-order valence-electron chi connectivity index (χ0n) is 20.6. The summed E-state index contributed by atoms with van der Waals surface area (Å²) in [5, 5.41) is 3.19. The van der Waals surface area contributed by atoms with Crippen molar-refractivity contribution in [2.45, 2.75) is 20.8 Å². The van der Waals surface area contributed by atoms with E-state index in [1.807, 2.05) is 45.0 Å². The van der Waals surface area contributed by atoms with E-state index >= 15 is 0 Å². The molecule has 0 atom stereocenters. The number of benzene rings is 3. The van der Waals surface area contributed by atoms with Crippen molar-refractivity contribution in [1.82, 2.24) is 9.88 Å². The molecule has 1 aliphatic heterocycles. The zero-order valence-corrected chi connectivity index (χ0v) is 22.2. The highest BCUT2D eigenvalue weighted by atomic mass is 35.5. The Kier molecular flexibility index (Phi) is 6.54. The Morgan fingerprint density at radius 3 is 2.24 bits per heavy atom. The molecular weight excluding hydrogens is 502 g/mol. The van der Waals surface area contributed by atoms with Crippen molar-refractivity contribution in [3.05, 3.63) is 112 Å². The first-order chi connectivity index (χ1) is 17.8. The Bertz CT molecular complexity index is 1590. The third-order valence-corrected chi connectivity index (χ3v) is 7.28. The molecule has 37 heavy (non-hydrogen) atoms. The van der Waals surface area contributed by atoms with Crippen LogP contribution in [0.3, 0.4) is 0 Å². The Morgan fingerprint density at radius 1 is 0.865 bits per heavy atom. The molecule has 0 aliphatic carbocycles. The standard InChI is InChI=1S/C30H24ClN3O2S/c1-18-16-23(20(3)33(18)24-14-12-22(13-15-24)21-8-5-4-6-9-21)17-25-28(35)32-30(37)34(29(25)36)27-11-7-10-26(31)19(27)2/h4-17H,1-3H3,(H,32,35,37)/b25-17-. The van der Waals surface area contributed by atoms with Gasteiger partial charge in [0.15, 0.2) is 5.11 Å². The monoisotopic (exact) mass is 525 g/mol. The summed E-state index contributed by atoms with van der Waals surface area (Å²) in [5.41, 5.74) is 7.20. The molecule has 0 unspecified atom stereocenters. The summed E-state index contributed by atoms with van der Waals surface area (Å²) in [4.78, 5) is 27.7. The van der Waals surface area contributed by atoms with E-state index in [4.69, 9.17) is 23.8 Å². The molecule has 1 aromatic heterocycles. The first-order valence-electron chi connectivity index (χ1n) is 11.8. The SMILES string of the molecule is Cc1c(Cl)cccc1N1C(=O)/C(=C\c2cc(C)n(-c3ccc(-c4ccccc4)cc3)c2C)C(=O)NC1=S. The summed E-state index contributed by atoms with van der Waals surface area (Å²) in [6, 6.07) is 25.7. The van der Waals surface area contributed by atoms with E-state index in [1.165, 1.54) is 4.90 Å². The highest BCUT2D eigenvalue weighted by Crippen LogP contribution is 2.31. The number of nitrogens with one attached hydrogen (secondary N) is 1. The Labute approximate surface area is 226 Å². The molecule has 1 aliphatic rings. The molecular formula is C30H24ClN3O2S. The van der Waals surface area contributed by atoms with Gasteiger partial charge in [0.2, 0.25) is 0 Å². The van der Waals surface area contributed by atoms with Crippen LogP contribution in [0, 0.1) is 20.8 Å². The fourth-order valence-electron chi connectivity index (χ4n) is 4.63. The Hall–Kier alpha value is -4.00. The van der Waals surface area contributed by atoms with Crippen molar-refractivity contribution >= 4 is 52.5 Å². The van der Waals surface area contributed by atoms with Crippen LogP contribution in [-0.2, 0) is 9.59 Å². The van der Waals surface area contributed by atoms with Gasteiger partial charge < -0.3 is 4.57 Å². The topological polar surface area (TPSA) is 54.3 Å². The van der Waals surface area contributed by atoms with Gasteiger partial charge in [0, 0.05) is 22.1 Å². The number of anilines is 1. The van der Waals surface area contributed by atoms with Crippen molar-refractivity contribution in [3.8, 4) is 16.8 Å². The largest absolute Gasteiger partial charge is 0.318 e. The van der Waals surface area contributed by atoms with E-state index in [2.05, 4.69) is 46.3 Å². The summed E-state index contributed by atoms with van der Waals surface area (Å²) < 4.78 is 2.11. The van der Waals surface area contributed by atoms with Crippen LogP contribution in [0.15, 0.2) is 84.4 Å². The van der Waals surface area contributed by atoms with Crippen molar-refractivity contribution < 1.29 is 9.59 Å². The van der Waals surface area contributed by atoms with Crippen molar-refractivity contribution in [3.63, 3.8) is 0 Å².